The van der Waals surface area contributed by atoms with Crippen LogP contribution < -0.4 is 16.0 Å². The minimum atomic E-state index is -0.0739. The second-order valence-electron chi connectivity index (χ2n) is 6.02. The van der Waals surface area contributed by atoms with Crippen LogP contribution in [0.25, 0.3) is 0 Å². The van der Waals surface area contributed by atoms with Gasteiger partial charge in [0.05, 0.1) is 12.6 Å². The van der Waals surface area contributed by atoms with E-state index in [0.29, 0.717) is 12.2 Å². The van der Waals surface area contributed by atoms with Crippen LogP contribution in [0.4, 0.5) is 11.4 Å². The quantitative estimate of drug-likeness (QED) is 0.718. The lowest BCUT2D eigenvalue weighted by Gasteiger charge is -2.12. The maximum Gasteiger partial charge on any atom is 0.239 e. The molecule has 2 rings (SSSR count). The van der Waals surface area contributed by atoms with Gasteiger partial charge in [0.1, 0.15) is 0 Å². The molecule has 6 nitrogen and oxygen atoms in total. The largest absolute Gasteiger partial charge is 0.376 e. The van der Waals surface area contributed by atoms with Gasteiger partial charge in [0, 0.05) is 30.4 Å². The van der Waals surface area contributed by atoms with Gasteiger partial charge in [-0.05, 0) is 31.0 Å². The Morgan fingerprint density at radius 1 is 1.30 bits per heavy atom. The van der Waals surface area contributed by atoms with Crippen molar-refractivity contribution in [3.8, 4) is 0 Å². The van der Waals surface area contributed by atoms with Crippen LogP contribution >= 0.6 is 0 Å². The number of carbonyl (C=O) groups excluding carboxylic acids is 2. The van der Waals surface area contributed by atoms with E-state index in [2.05, 4.69) is 16.0 Å². The normalized spacial score (nSPS) is 17.1. The Kier molecular flexibility index (Phi) is 6.40. The molecule has 0 radical (unpaired) electrons. The molecule has 1 saturated heterocycles. The van der Waals surface area contributed by atoms with Crippen molar-refractivity contribution in [2.45, 2.75) is 32.8 Å². The van der Waals surface area contributed by atoms with Gasteiger partial charge in [-0.25, -0.2) is 0 Å². The zero-order valence-corrected chi connectivity index (χ0v) is 13.7. The SMILES string of the molecule is CC(C)C(=O)Nc1cccc(NCC(=O)NCC2CCCO2)c1. The van der Waals surface area contributed by atoms with Gasteiger partial charge < -0.3 is 20.7 Å². The average molecular weight is 319 g/mol. The van der Waals surface area contributed by atoms with E-state index in [0.717, 1.165) is 25.1 Å². The molecular weight excluding hydrogens is 294 g/mol. The number of hydrogen-bond donors (Lipinski definition) is 3. The summed E-state index contributed by atoms with van der Waals surface area (Å²) >= 11 is 0. The number of anilines is 2. The van der Waals surface area contributed by atoms with Crippen LogP contribution in [0.15, 0.2) is 24.3 Å². The summed E-state index contributed by atoms with van der Waals surface area (Å²) in [6.45, 7) is 5.22. The molecule has 0 saturated carbocycles. The summed E-state index contributed by atoms with van der Waals surface area (Å²) in [5, 5.41) is 8.75. The fourth-order valence-corrected chi connectivity index (χ4v) is 2.27. The molecule has 126 valence electrons. The van der Waals surface area contributed by atoms with Crippen molar-refractivity contribution in [3.05, 3.63) is 24.3 Å². The first-order chi connectivity index (χ1) is 11.0. The number of benzene rings is 1. The minimum Gasteiger partial charge on any atom is -0.376 e. The van der Waals surface area contributed by atoms with Crippen molar-refractivity contribution in [2.75, 3.05) is 30.3 Å². The Labute approximate surface area is 137 Å². The lowest BCUT2D eigenvalue weighted by Crippen LogP contribution is -2.35. The van der Waals surface area contributed by atoms with E-state index in [1.165, 1.54) is 0 Å². The van der Waals surface area contributed by atoms with Crippen LogP contribution in [-0.2, 0) is 14.3 Å². The van der Waals surface area contributed by atoms with Crippen LogP contribution in [-0.4, -0.2) is 37.6 Å². The van der Waals surface area contributed by atoms with Gasteiger partial charge in [0.2, 0.25) is 11.8 Å². The molecule has 0 aliphatic carbocycles. The van der Waals surface area contributed by atoms with Gasteiger partial charge in [0.15, 0.2) is 0 Å². The van der Waals surface area contributed by atoms with Crippen molar-refractivity contribution in [1.29, 1.82) is 0 Å². The van der Waals surface area contributed by atoms with Gasteiger partial charge in [-0.3, -0.25) is 9.59 Å². The van der Waals surface area contributed by atoms with Crippen LogP contribution in [0.2, 0.25) is 0 Å². The second-order valence-corrected chi connectivity index (χ2v) is 6.02. The van der Waals surface area contributed by atoms with Crippen molar-refractivity contribution >= 4 is 23.2 Å². The van der Waals surface area contributed by atoms with E-state index < -0.39 is 0 Å². The van der Waals surface area contributed by atoms with Crippen molar-refractivity contribution < 1.29 is 14.3 Å². The minimum absolute atomic E-state index is 0.0311. The summed E-state index contributed by atoms with van der Waals surface area (Å²) in [7, 11) is 0. The molecule has 1 aromatic carbocycles. The molecule has 1 atom stereocenters. The third kappa shape index (κ3) is 5.90. The summed E-state index contributed by atoms with van der Waals surface area (Å²) in [4.78, 5) is 23.5. The fraction of sp³-hybridized carbons (Fsp3) is 0.529. The fourth-order valence-electron chi connectivity index (χ4n) is 2.27. The topological polar surface area (TPSA) is 79.5 Å². The van der Waals surface area contributed by atoms with Gasteiger partial charge >= 0.3 is 0 Å². The van der Waals surface area contributed by atoms with Crippen molar-refractivity contribution in [1.82, 2.24) is 5.32 Å². The number of amides is 2. The monoisotopic (exact) mass is 319 g/mol. The first kappa shape index (κ1) is 17.3. The van der Waals surface area contributed by atoms with E-state index in [-0.39, 0.29) is 30.4 Å². The molecule has 6 heteroatoms. The first-order valence-corrected chi connectivity index (χ1v) is 8.07. The highest BCUT2D eigenvalue weighted by Gasteiger charge is 2.16. The molecule has 23 heavy (non-hydrogen) atoms. The second kappa shape index (κ2) is 8.53. The highest BCUT2D eigenvalue weighted by Crippen LogP contribution is 2.15. The molecule has 0 aromatic heterocycles. The number of carbonyl (C=O) groups is 2. The Balaban J connectivity index is 1.76. The third-order valence-electron chi connectivity index (χ3n) is 3.66. The van der Waals surface area contributed by atoms with Crippen molar-refractivity contribution in [2.24, 2.45) is 5.92 Å². The highest BCUT2D eigenvalue weighted by molar-refractivity contribution is 5.92. The molecule has 1 aliphatic heterocycles. The predicted octanol–water partition coefficient (Wildman–Crippen LogP) is 1.99. The van der Waals surface area contributed by atoms with E-state index in [1.807, 2.05) is 38.1 Å². The van der Waals surface area contributed by atoms with E-state index >= 15 is 0 Å². The Morgan fingerprint density at radius 3 is 2.78 bits per heavy atom. The predicted molar refractivity (Wildman–Crippen MR) is 90.4 cm³/mol. The number of ether oxygens (including phenoxy) is 1. The molecule has 3 N–H and O–H groups in total. The molecule has 1 aliphatic rings. The number of hydrogen-bond acceptors (Lipinski definition) is 4. The van der Waals surface area contributed by atoms with E-state index in [4.69, 9.17) is 4.74 Å². The van der Waals surface area contributed by atoms with Gasteiger partial charge in [-0.2, -0.15) is 0 Å². The number of nitrogens with one attached hydrogen (secondary N) is 3. The standard InChI is InChI=1S/C17H25N3O3/c1-12(2)17(22)20-14-6-3-5-13(9-14)18-11-16(21)19-10-15-7-4-8-23-15/h3,5-6,9,12,15,18H,4,7-8,10-11H2,1-2H3,(H,19,21)(H,20,22). The molecule has 1 fully saturated rings. The maximum absolute atomic E-state index is 11.8. The highest BCUT2D eigenvalue weighted by atomic mass is 16.5. The Morgan fingerprint density at radius 2 is 2.09 bits per heavy atom. The van der Waals surface area contributed by atoms with Crippen LogP contribution in [0, 0.1) is 5.92 Å². The smallest absolute Gasteiger partial charge is 0.239 e. The lowest BCUT2D eigenvalue weighted by molar-refractivity contribution is -0.120. The molecule has 2 amide bonds. The van der Waals surface area contributed by atoms with Crippen LogP contribution in [0.1, 0.15) is 26.7 Å². The maximum atomic E-state index is 11.8. The Bertz CT molecular complexity index is 540. The molecule has 1 unspecified atom stereocenters. The molecule has 1 heterocycles. The summed E-state index contributed by atoms with van der Waals surface area (Å²) in [6.07, 6.45) is 2.22. The zero-order chi connectivity index (χ0) is 16.7. The summed E-state index contributed by atoms with van der Waals surface area (Å²) in [5.74, 6) is -0.177. The Hall–Kier alpha value is -2.08. The molecular formula is C17H25N3O3. The third-order valence-corrected chi connectivity index (χ3v) is 3.66. The van der Waals surface area contributed by atoms with Crippen LogP contribution in [0.5, 0.6) is 0 Å². The van der Waals surface area contributed by atoms with E-state index in [1.54, 1.807) is 0 Å². The van der Waals surface area contributed by atoms with Gasteiger partial charge in [0.25, 0.3) is 0 Å². The van der Waals surface area contributed by atoms with Gasteiger partial charge in [-0.1, -0.05) is 19.9 Å². The molecule has 0 bridgehead atoms. The summed E-state index contributed by atoms with van der Waals surface area (Å²) in [5.41, 5.74) is 1.51. The van der Waals surface area contributed by atoms with Gasteiger partial charge in [-0.15, -0.1) is 0 Å². The zero-order valence-electron chi connectivity index (χ0n) is 13.7. The molecule has 1 aromatic rings. The lowest BCUT2D eigenvalue weighted by atomic mass is 10.2. The van der Waals surface area contributed by atoms with Crippen molar-refractivity contribution in [3.63, 3.8) is 0 Å². The summed E-state index contributed by atoms with van der Waals surface area (Å²) < 4.78 is 5.46. The number of rotatable bonds is 7. The average Bonchev–Trinajstić information content (AvgIpc) is 3.04. The first-order valence-electron chi connectivity index (χ1n) is 8.07. The van der Waals surface area contributed by atoms with Crippen LogP contribution in [0.3, 0.4) is 0 Å². The van der Waals surface area contributed by atoms with E-state index in [9.17, 15) is 9.59 Å². The molecule has 0 spiro atoms. The summed E-state index contributed by atoms with van der Waals surface area (Å²) in [6, 6.07) is 7.33.